The van der Waals surface area contributed by atoms with Crippen molar-refractivity contribution in [2.24, 2.45) is 0 Å². The van der Waals surface area contributed by atoms with Crippen molar-refractivity contribution in [2.75, 3.05) is 52.7 Å². The van der Waals surface area contributed by atoms with E-state index < -0.39 is 182 Å². The van der Waals surface area contributed by atoms with E-state index in [1.54, 1.807) is 44.2 Å². The summed E-state index contributed by atoms with van der Waals surface area (Å²) in [5.74, 6) is -9.17. The predicted octanol–water partition coefficient (Wildman–Crippen LogP) is -2.77. The molecule has 2 aromatic carbocycles. The number of aliphatic hydroxyl groups is 5. The van der Waals surface area contributed by atoms with Crippen LogP contribution in [0.25, 0.3) is 22.3 Å². The maximum atomic E-state index is 16.4. The number of aromatic nitrogens is 2. The van der Waals surface area contributed by atoms with Gasteiger partial charge in [0.05, 0.1) is 67.9 Å². The van der Waals surface area contributed by atoms with Gasteiger partial charge in [-0.25, -0.2) is 18.6 Å². The first kappa shape index (κ1) is 73.7. The number of amides is 10. The van der Waals surface area contributed by atoms with Gasteiger partial charge < -0.3 is 86.8 Å². The molecule has 99 heavy (non-hydrogen) atoms. The lowest BCUT2D eigenvalue weighted by Gasteiger charge is -2.40. The second kappa shape index (κ2) is 32.0. The Labute approximate surface area is 564 Å². The number of esters is 1. The van der Waals surface area contributed by atoms with Gasteiger partial charge in [-0.15, -0.1) is 0 Å². The van der Waals surface area contributed by atoms with E-state index in [9.17, 15) is 83.1 Å². The van der Waals surface area contributed by atoms with Crippen molar-refractivity contribution in [3.63, 3.8) is 0 Å². The van der Waals surface area contributed by atoms with Crippen molar-refractivity contribution in [1.82, 2.24) is 57.0 Å². The van der Waals surface area contributed by atoms with E-state index in [4.69, 9.17) is 19.2 Å². The van der Waals surface area contributed by atoms with Crippen LogP contribution in [-0.4, -0.2) is 206 Å². The summed E-state index contributed by atoms with van der Waals surface area (Å²) in [5.41, 5.74) is -2.03. The maximum Gasteiger partial charge on any atom is 0.343 e. The highest BCUT2D eigenvalue weighted by Gasteiger charge is 2.47. The monoisotopic (exact) mass is 1380 g/mol. The van der Waals surface area contributed by atoms with E-state index in [0.717, 1.165) is 24.0 Å². The quantitative estimate of drug-likeness (QED) is 0.00925. The molecule has 13 N–H and O–H groups in total. The minimum atomic E-state index is -2.72. The van der Waals surface area contributed by atoms with Crippen LogP contribution in [0.15, 0.2) is 59.4 Å². The molecule has 532 valence electrons. The lowest BCUT2D eigenvalue weighted by atomic mass is 9.81. The first-order valence-electron chi connectivity index (χ1n) is 32.4. The molecule has 1 saturated heterocycles. The molecule has 1 aliphatic carbocycles. The van der Waals surface area contributed by atoms with Crippen molar-refractivity contribution < 1.29 is 101 Å². The van der Waals surface area contributed by atoms with Gasteiger partial charge in [-0.3, -0.25) is 57.6 Å². The van der Waals surface area contributed by atoms with Gasteiger partial charge in [0, 0.05) is 67.1 Å². The number of pyridine rings is 2. The van der Waals surface area contributed by atoms with Gasteiger partial charge in [-0.05, 0) is 80.7 Å². The standard InChI is InChI=1S/C66H79F2N11O20/c1-4-66(96)38-22-44-56-36(28-79(44)62(93)37(38)30-98-64(66)95)55-40(15-14-35-33(2)39(67)23-42(76-56)54(35)55)77-63(94)65(3,68)31-97-32-73-50(84)26-72-61(92)43(21-34-11-7-5-8-12-34)75-51(85)27-70-49(83)25-71-60(91)41(74-48(82)13-9-6-10-20-78-52(86)18-19-53(78)87)16-17-47(81)69-24-45-57(88)59(90)58(89)46(29-80)99-45/h5,7-8,11-12,18-19,22-23,40-41,43,45-46,57-59,80,88-90,96H,4,6,9-10,13-17,20-21,24-32H2,1-3H3,(H,69,81)(H,70,83)(H,71,91)(H,72,92)(H,73,84)(H,74,82)(H,75,85)(H,77,94)/t40-,41-,43-,45-,46+,57-,58+,59+,65+,66-/m0/s1. The van der Waals surface area contributed by atoms with Crippen LogP contribution >= 0.6 is 0 Å². The highest BCUT2D eigenvalue weighted by atomic mass is 19.1. The van der Waals surface area contributed by atoms with Gasteiger partial charge in [-0.2, -0.15) is 0 Å². The zero-order valence-electron chi connectivity index (χ0n) is 54.4. The Morgan fingerprint density at radius 3 is 2.15 bits per heavy atom. The van der Waals surface area contributed by atoms with Gasteiger partial charge in [0.15, 0.2) is 5.60 Å². The molecule has 1 fully saturated rings. The number of benzene rings is 2. The summed E-state index contributed by atoms with van der Waals surface area (Å²) < 4.78 is 49.3. The number of carbonyl (C=O) groups excluding carboxylic acids is 11. The van der Waals surface area contributed by atoms with E-state index >= 15 is 8.78 Å². The lowest BCUT2D eigenvalue weighted by molar-refractivity contribution is -0.227. The number of fused-ring (bicyclic) bond motifs is 5. The first-order valence-corrected chi connectivity index (χ1v) is 32.4. The molecule has 6 heterocycles. The molecule has 0 unspecified atom stereocenters. The number of nitrogens with zero attached hydrogens (tertiary/aromatic N) is 3. The summed E-state index contributed by atoms with van der Waals surface area (Å²) in [6, 6.07) is 7.51. The minimum absolute atomic E-state index is 0.0605. The fraction of sp³-hybridized carbons (Fsp3) is 0.500. The van der Waals surface area contributed by atoms with Crippen molar-refractivity contribution in [2.45, 2.75) is 158 Å². The van der Waals surface area contributed by atoms with E-state index in [2.05, 4.69) is 42.5 Å². The lowest BCUT2D eigenvalue weighted by Crippen LogP contribution is -2.60. The van der Waals surface area contributed by atoms with Crippen LogP contribution in [0.5, 0.6) is 0 Å². The third-order valence-electron chi connectivity index (χ3n) is 18.1. The second-order valence-electron chi connectivity index (χ2n) is 25.0. The van der Waals surface area contributed by atoms with Crippen molar-refractivity contribution >= 4 is 75.9 Å². The van der Waals surface area contributed by atoms with Gasteiger partial charge in [0.1, 0.15) is 61.8 Å². The number of imide groups is 1. The van der Waals surface area contributed by atoms with Crippen LogP contribution in [0, 0.1) is 12.7 Å². The summed E-state index contributed by atoms with van der Waals surface area (Å²) in [7, 11) is 0. The Bertz CT molecular complexity index is 3910. The molecular formula is C66H79F2N11O20. The number of cyclic esters (lactones) is 1. The molecule has 10 atom stereocenters. The van der Waals surface area contributed by atoms with Gasteiger partial charge in [0.25, 0.3) is 23.3 Å². The number of hydrogen-bond acceptors (Lipinski definition) is 21. The second-order valence-corrected chi connectivity index (χ2v) is 25.0. The number of carbonyl (C=O) groups is 11. The van der Waals surface area contributed by atoms with Crippen molar-refractivity contribution in [1.29, 1.82) is 0 Å². The molecule has 9 rings (SSSR count). The van der Waals surface area contributed by atoms with Crippen LogP contribution in [0.3, 0.4) is 0 Å². The predicted molar refractivity (Wildman–Crippen MR) is 340 cm³/mol. The van der Waals surface area contributed by atoms with Gasteiger partial charge >= 0.3 is 5.97 Å². The van der Waals surface area contributed by atoms with E-state index in [0.29, 0.717) is 46.0 Å². The number of nitrogens with one attached hydrogen (secondary N) is 8. The molecule has 0 saturated carbocycles. The molecular weight excluding hydrogens is 1300 g/mol. The normalized spacial score (nSPS) is 21.6. The Morgan fingerprint density at radius 1 is 0.788 bits per heavy atom. The summed E-state index contributed by atoms with van der Waals surface area (Å²) >= 11 is 0. The minimum Gasteiger partial charge on any atom is -0.458 e. The van der Waals surface area contributed by atoms with Crippen LogP contribution in [0.1, 0.15) is 110 Å². The molecule has 0 spiro atoms. The number of hydrogen-bond donors (Lipinski definition) is 13. The molecule has 10 amide bonds. The highest BCUT2D eigenvalue weighted by Crippen LogP contribution is 2.46. The number of halogens is 2. The Kier molecular flexibility index (Phi) is 23.8. The fourth-order valence-corrected chi connectivity index (χ4v) is 12.5. The smallest absolute Gasteiger partial charge is 0.343 e. The number of aliphatic hydroxyl groups excluding tert-OH is 4. The van der Waals surface area contributed by atoms with E-state index in [1.807, 2.05) is 0 Å². The molecule has 2 aromatic heterocycles. The average molecular weight is 1380 g/mol. The van der Waals surface area contributed by atoms with Gasteiger partial charge in [0.2, 0.25) is 47.0 Å². The van der Waals surface area contributed by atoms with Crippen LogP contribution in [0.4, 0.5) is 8.78 Å². The van der Waals surface area contributed by atoms with Crippen molar-refractivity contribution in [3.8, 4) is 11.4 Å². The van der Waals surface area contributed by atoms with Crippen LogP contribution in [-0.2, 0) is 98.5 Å². The summed E-state index contributed by atoms with van der Waals surface area (Å²) in [6.07, 6.45) is -4.71. The number of unbranched alkanes of at least 4 members (excludes halogenated alkanes) is 2. The van der Waals surface area contributed by atoms with Crippen molar-refractivity contribution in [3.05, 3.63) is 110 Å². The molecule has 0 radical (unpaired) electrons. The zero-order valence-corrected chi connectivity index (χ0v) is 54.4. The molecule has 31 nitrogen and oxygen atoms in total. The molecule has 4 aliphatic heterocycles. The first-order chi connectivity index (χ1) is 47.1. The van der Waals surface area contributed by atoms with Gasteiger partial charge in [-0.1, -0.05) is 43.7 Å². The maximum absolute atomic E-state index is 16.4. The van der Waals surface area contributed by atoms with Crippen LogP contribution < -0.4 is 48.1 Å². The Morgan fingerprint density at radius 2 is 1.45 bits per heavy atom. The number of rotatable bonds is 31. The van der Waals surface area contributed by atoms with Crippen LogP contribution in [0.2, 0.25) is 0 Å². The largest absolute Gasteiger partial charge is 0.458 e. The number of ether oxygens (including phenoxy) is 3. The molecule has 5 aliphatic rings. The molecule has 33 heteroatoms. The average Bonchev–Trinajstić information content (AvgIpc) is 1.59. The van der Waals surface area contributed by atoms with E-state index in [-0.39, 0.29) is 99.2 Å². The number of alkyl halides is 1. The van der Waals surface area contributed by atoms with E-state index in [1.165, 1.54) is 16.7 Å². The fourth-order valence-electron chi connectivity index (χ4n) is 12.5. The number of aryl methyl sites for hydroxylation is 1. The molecule has 4 aromatic rings. The Balaban J connectivity index is 0.744. The summed E-state index contributed by atoms with van der Waals surface area (Å²) in [6.45, 7) is -0.918. The Hall–Kier alpha value is -9.51. The summed E-state index contributed by atoms with van der Waals surface area (Å²) in [4.78, 5) is 163. The molecule has 0 bridgehead atoms. The SMILES string of the molecule is CC[C@@]1(O)C(=O)OCc2c1cc1n(c2=O)Cc2c-1nc1cc(F)c(C)c3c1c2[C@@H](NC(=O)[C@](C)(F)COCNC(=O)CNC(=O)[C@H](Cc1ccccc1)NC(=O)CNC(=O)CNC(=O)[C@H](CCC(=O)NC[C@@H]1O[C@H](CO)[C@@H](O)[C@H](O)[C@H]1O)NC(=O)CCCCCN1C(=O)C=CC1=O)CC3. The topological polar surface area (TPSA) is 451 Å². The summed E-state index contributed by atoms with van der Waals surface area (Å²) in [5, 5.41) is 71.7. The third kappa shape index (κ3) is 17.0. The third-order valence-corrected chi connectivity index (χ3v) is 18.1. The highest BCUT2D eigenvalue weighted by molar-refractivity contribution is 6.13. The zero-order chi connectivity index (χ0) is 71.6.